The van der Waals surface area contributed by atoms with Crippen LogP contribution in [0.3, 0.4) is 0 Å². The SMILES string of the molecule is CC1(C)C[C@@]23C[C@@]4(CO4)C(=O)O[C@H]2C(C(=O)O)=C[C@@H]3[C@H]1O. The van der Waals surface area contributed by atoms with E-state index in [0.29, 0.717) is 19.4 Å². The van der Waals surface area contributed by atoms with Crippen LogP contribution in [0.2, 0.25) is 0 Å². The molecular formula is C15H18O6. The monoisotopic (exact) mass is 294 g/mol. The molecule has 0 amide bonds. The molecule has 6 nitrogen and oxygen atoms in total. The minimum absolute atomic E-state index is 0.0957. The molecule has 0 radical (unpaired) electrons. The fraction of sp³-hybridized carbons (Fsp3) is 0.733. The van der Waals surface area contributed by atoms with Crippen molar-refractivity contribution in [2.45, 2.75) is 44.5 Å². The Morgan fingerprint density at radius 2 is 2.05 bits per heavy atom. The van der Waals surface area contributed by atoms with Crippen LogP contribution in [0.4, 0.5) is 0 Å². The lowest BCUT2D eigenvalue weighted by Crippen LogP contribution is -2.52. The lowest BCUT2D eigenvalue weighted by atomic mass is 9.67. The number of hydrogen-bond acceptors (Lipinski definition) is 5. The summed E-state index contributed by atoms with van der Waals surface area (Å²) in [6, 6.07) is 0. The van der Waals surface area contributed by atoms with E-state index in [-0.39, 0.29) is 16.9 Å². The Bertz CT molecular complexity index is 587. The van der Waals surface area contributed by atoms with Crippen LogP contribution in [-0.2, 0) is 19.1 Å². The fourth-order valence-electron chi connectivity index (χ4n) is 4.75. The van der Waals surface area contributed by atoms with E-state index in [0.717, 1.165) is 0 Å². The second-order valence-electron chi connectivity index (χ2n) is 7.54. The second kappa shape index (κ2) is 3.50. The Balaban J connectivity index is 1.83. The summed E-state index contributed by atoms with van der Waals surface area (Å²) in [6.45, 7) is 4.26. The third-order valence-corrected chi connectivity index (χ3v) is 5.70. The number of hydrogen-bond donors (Lipinski definition) is 2. The first-order chi connectivity index (χ1) is 9.72. The van der Waals surface area contributed by atoms with Gasteiger partial charge in [0.05, 0.1) is 18.3 Å². The van der Waals surface area contributed by atoms with Crippen molar-refractivity contribution in [3.05, 3.63) is 11.6 Å². The number of ether oxygens (including phenoxy) is 2. The first-order valence-electron chi connectivity index (χ1n) is 7.20. The van der Waals surface area contributed by atoms with Crippen molar-refractivity contribution in [3.8, 4) is 0 Å². The van der Waals surface area contributed by atoms with Gasteiger partial charge in [-0.3, -0.25) is 0 Å². The predicted molar refractivity (Wildman–Crippen MR) is 69.2 cm³/mol. The summed E-state index contributed by atoms with van der Waals surface area (Å²) in [7, 11) is 0. The van der Waals surface area contributed by atoms with Gasteiger partial charge >= 0.3 is 11.9 Å². The van der Waals surface area contributed by atoms with E-state index in [1.807, 2.05) is 13.8 Å². The van der Waals surface area contributed by atoms with Crippen LogP contribution in [0.1, 0.15) is 26.7 Å². The van der Waals surface area contributed by atoms with Gasteiger partial charge in [-0.05, 0) is 18.3 Å². The number of aliphatic carboxylic acids is 1. The van der Waals surface area contributed by atoms with Crippen molar-refractivity contribution in [3.63, 3.8) is 0 Å². The molecule has 6 heteroatoms. The van der Waals surface area contributed by atoms with Gasteiger partial charge < -0.3 is 19.7 Å². The van der Waals surface area contributed by atoms with E-state index in [4.69, 9.17) is 9.47 Å². The molecule has 21 heavy (non-hydrogen) atoms. The minimum Gasteiger partial charge on any atom is -0.478 e. The van der Waals surface area contributed by atoms with Crippen LogP contribution in [0.5, 0.6) is 0 Å². The summed E-state index contributed by atoms with van der Waals surface area (Å²) < 4.78 is 10.8. The van der Waals surface area contributed by atoms with Gasteiger partial charge in [0.2, 0.25) is 0 Å². The largest absolute Gasteiger partial charge is 0.478 e. The maximum atomic E-state index is 12.1. The number of carboxylic acid groups (broad SMARTS) is 1. The molecule has 4 aliphatic rings. The van der Waals surface area contributed by atoms with Gasteiger partial charge in [0, 0.05) is 11.3 Å². The van der Waals surface area contributed by atoms with E-state index in [1.165, 1.54) is 0 Å². The molecular weight excluding hydrogens is 276 g/mol. The lowest BCUT2D eigenvalue weighted by Gasteiger charge is -2.42. The highest BCUT2D eigenvalue weighted by Crippen LogP contribution is 2.66. The second-order valence-corrected chi connectivity index (χ2v) is 7.54. The Morgan fingerprint density at radius 3 is 2.62 bits per heavy atom. The summed E-state index contributed by atoms with van der Waals surface area (Å²) in [5, 5.41) is 20.0. The van der Waals surface area contributed by atoms with Gasteiger partial charge in [-0.25, -0.2) is 9.59 Å². The maximum absolute atomic E-state index is 12.1. The predicted octanol–water partition coefficient (Wildman–Crippen LogP) is 0.489. The topological polar surface area (TPSA) is 96.4 Å². The third kappa shape index (κ3) is 1.44. The van der Waals surface area contributed by atoms with Gasteiger partial charge in [0.15, 0.2) is 5.60 Å². The van der Waals surface area contributed by atoms with Crippen molar-refractivity contribution in [1.29, 1.82) is 0 Å². The van der Waals surface area contributed by atoms with Crippen molar-refractivity contribution in [2.24, 2.45) is 16.7 Å². The van der Waals surface area contributed by atoms with Crippen LogP contribution in [0.15, 0.2) is 11.6 Å². The highest BCUT2D eigenvalue weighted by molar-refractivity contribution is 5.92. The number of carbonyl (C=O) groups is 2. The molecule has 2 saturated heterocycles. The maximum Gasteiger partial charge on any atom is 0.341 e. The Morgan fingerprint density at radius 1 is 1.38 bits per heavy atom. The molecule has 0 aromatic heterocycles. The summed E-state index contributed by atoms with van der Waals surface area (Å²) in [5.41, 5.74) is -1.71. The molecule has 0 aromatic carbocycles. The molecule has 2 N–H and O–H groups in total. The first-order valence-corrected chi connectivity index (χ1v) is 7.20. The number of carbonyl (C=O) groups excluding carboxylic acids is 1. The molecule has 2 heterocycles. The van der Waals surface area contributed by atoms with Crippen LogP contribution < -0.4 is 0 Å². The van der Waals surface area contributed by atoms with E-state index < -0.39 is 35.2 Å². The first kappa shape index (κ1) is 13.3. The summed E-state index contributed by atoms with van der Waals surface area (Å²) >= 11 is 0. The molecule has 2 spiro atoms. The van der Waals surface area contributed by atoms with Crippen molar-refractivity contribution in [1.82, 2.24) is 0 Å². The van der Waals surface area contributed by atoms with Crippen molar-refractivity contribution in [2.75, 3.05) is 6.61 Å². The quantitative estimate of drug-likeness (QED) is 0.539. The van der Waals surface area contributed by atoms with Crippen LogP contribution >= 0.6 is 0 Å². The number of carboxylic acids is 1. The zero-order chi connectivity index (χ0) is 15.2. The number of aliphatic hydroxyl groups excluding tert-OH is 1. The normalized spacial score (nSPS) is 49.4. The summed E-state index contributed by atoms with van der Waals surface area (Å²) in [5.74, 6) is -1.86. The van der Waals surface area contributed by atoms with Crippen molar-refractivity contribution >= 4 is 11.9 Å². The highest BCUT2D eigenvalue weighted by Gasteiger charge is 2.73. The Hall–Kier alpha value is -1.40. The van der Waals surface area contributed by atoms with E-state index >= 15 is 0 Å². The van der Waals surface area contributed by atoms with E-state index in [2.05, 4.69) is 0 Å². The average Bonchev–Trinajstić information content (AvgIpc) is 3.03. The van der Waals surface area contributed by atoms with Crippen LogP contribution in [0, 0.1) is 16.7 Å². The zero-order valence-electron chi connectivity index (χ0n) is 12.0. The van der Waals surface area contributed by atoms with Crippen molar-refractivity contribution < 1.29 is 29.3 Å². The number of rotatable bonds is 1. The lowest BCUT2D eigenvalue weighted by molar-refractivity contribution is -0.176. The summed E-state index contributed by atoms with van der Waals surface area (Å²) in [6.07, 6.45) is 1.22. The molecule has 1 saturated carbocycles. The van der Waals surface area contributed by atoms with Gasteiger partial charge in [-0.1, -0.05) is 19.9 Å². The number of epoxide rings is 1. The molecule has 2 aliphatic heterocycles. The molecule has 114 valence electrons. The Labute approximate surface area is 121 Å². The molecule has 0 aromatic rings. The standard InChI is InChI=1S/C15H18O6/c1-13(2)4-14-5-15(6-20-15)12(19)21-10(14)7(11(17)18)3-8(14)9(13)16/h3,8-10,16H,4-6H2,1-2H3,(H,17,18)/t8-,9-,10+,14+,15-/m1/s1. The number of esters is 1. The third-order valence-electron chi connectivity index (χ3n) is 5.70. The van der Waals surface area contributed by atoms with E-state index in [9.17, 15) is 19.8 Å². The average molecular weight is 294 g/mol. The van der Waals surface area contributed by atoms with Gasteiger partial charge in [-0.15, -0.1) is 0 Å². The minimum atomic E-state index is -1.08. The van der Waals surface area contributed by atoms with E-state index in [1.54, 1.807) is 6.08 Å². The molecule has 0 bridgehead atoms. The van der Waals surface area contributed by atoms with Crippen LogP contribution in [0.25, 0.3) is 0 Å². The number of aliphatic hydroxyl groups is 1. The van der Waals surface area contributed by atoms with Gasteiger partial charge in [0.25, 0.3) is 0 Å². The summed E-state index contributed by atoms with van der Waals surface area (Å²) in [4.78, 5) is 23.6. The zero-order valence-corrected chi connectivity index (χ0v) is 12.0. The highest BCUT2D eigenvalue weighted by atomic mass is 16.7. The van der Waals surface area contributed by atoms with Crippen LogP contribution in [-0.4, -0.2) is 46.6 Å². The smallest absolute Gasteiger partial charge is 0.341 e. The molecule has 5 atom stereocenters. The van der Waals surface area contributed by atoms with Gasteiger partial charge in [-0.2, -0.15) is 0 Å². The Kier molecular flexibility index (Phi) is 2.21. The molecule has 3 fully saturated rings. The molecule has 4 rings (SSSR count). The van der Waals surface area contributed by atoms with Gasteiger partial charge in [0.1, 0.15) is 6.10 Å². The fourth-order valence-corrected chi connectivity index (χ4v) is 4.75. The molecule has 2 aliphatic carbocycles. The molecule has 0 unspecified atom stereocenters.